The Morgan fingerprint density at radius 2 is 0.887 bits per heavy atom. The van der Waals surface area contributed by atoms with Gasteiger partial charge in [0.25, 0.3) is 0 Å². The molecule has 10 atom stereocenters. The van der Waals surface area contributed by atoms with Crippen molar-refractivity contribution in [2.24, 2.45) is 0 Å². The number of hydrogen-bond acceptors (Lipinski definition) is 15. The minimum atomic E-state index is -1.42. The molecule has 0 aromatic heterocycles. The molecule has 0 aliphatic carbocycles. The van der Waals surface area contributed by atoms with E-state index in [9.17, 15) is 29.7 Å². The second-order valence-corrected chi connectivity index (χ2v) is 16.3. The van der Waals surface area contributed by atoms with Crippen LogP contribution in [0.2, 0.25) is 0 Å². The van der Waals surface area contributed by atoms with Crippen LogP contribution in [0.3, 0.4) is 0 Å². The Kier molecular flexibility index (Phi) is 17.5. The first-order valence-electron chi connectivity index (χ1n) is 19.7. The zero-order valence-corrected chi connectivity index (χ0v) is 35.5. The van der Waals surface area contributed by atoms with Gasteiger partial charge in [0, 0.05) is 9.79 Å². The molecule has 0 bridgehead atoms. The predicted octanol–water partition coefficient (Wildman–Crippen LogP) is 5.83. The maximum Gasteiger partial charge on any atom is 0.338 e. The number of benzene rings is 5. The summed E-state index contributed by atoms with van der Waals surface area (Å²) in [4.78, 5) is 39.2. The lowest BCUT2D eigenvalue weighted by molar-refractivity contribution is -0.224. The SMILES string of the molecule is COC(=O)C1OC(Sc2ccccc2)C(O)[C@@H](OCc2ccccc2)[C@@H]1O.COC(=O)C1OC(Sc2ccccc2)C(OC(=O)c2ccccc2)[C@@H](OCc2ccccc2)[C@@H]1O. The molecule has 2 saturated heterocycles. The fourth-order valence-electron chi connectivity index (χ4n) is 6.55. The Labute approximate surface area is 368 Å². The van der Waals surface area contributed by atoms with Gasteiger partial charge < -0.3 is 48.5 Å². The largest absolute Gasteiger partial charge is 0.467 e. The van der Waals surface area contributed by atoms with E-state index in [0.717, 1.165) is 20.9 Å². The average Bonchev–Trinajstić information content (AvgIpc) is 3.31. The zero-order chi connectivity index (χ0) is 43.8. The van der Waals surface area contributed by atoms with E-state index in [1.165, 1.54) is 37.7 Å². The summed E-state index contributed by atoms with van der Waals surface area (Å²) in [6.07, 6.45) is -9.52. The van der Waals surface area contributed by atoms with Crippen molar-refractivity contribution in [1.82, 2.24) is 0 Å². The number of thioether (sulfide) groups is 2. The molecule has 2 heterocycles. The van der Waals surface area contributed by atoms with Gasteiger partial charge in [-0.25, -0.2) is 14.4 Å². The summed E-state index contributed by atoms with van der Waals surface area (Å²) >= 11 is 2.53. The van der Waals surface area contributed by atoms with Crippen LogP contribution >= 0.6 is 23.5 Å². The van der Waals surface area contributed by atoms with E-state index in [2.05, 4.69) is 0 Å². The second kappa shape index (κ2) is 23.4. The number of aliphatic hydroxyl groups excluding tert-OH is 3. The molecule has 0 amide bonds. The molecule has 7 rings (SSSR count). The maximum absolute atomic E-state index is 13.0. The van der Waals surface area contributed by atoms with Gasteiger partial charge >= 0.3 is 17.9 Å². The number of carbonyl (C=O) groups is 3. The summed E-state index contributed by atoms with van der Waals surface area (Å²) in [5.74, 6) is -2.03. The Hall–Kier alpha value is -5.07. The number of aliphatic hydroxyl groups is 3. The first kappa shape index (κ1) is 46.4. The van der Waals surface area contributed by atoms with Gasteiger partial charge in [-0.3, -0.25) is 0 Å². The molecule has 62 heavy (non-hydrogen) atoms. The maximum atomic E-state index is 13.0. The van der Waals surface area contributed by atoms with Crippen LogP contribution in [0.5, 0.6) is 0 Å². The molecule has 0 radical (unpaired) electrons. The number of ether oxygens (including phenoxy) is 7. The van der Waals surface area contributed by atoms with Gasteiger partial charge in [-0.15, -0.1) is 0 Å². The second-order valence-electron chi connectivity index (χ2n) is 14.0. The molecular weight excluding hydrogens is 837 g/mol. The van der Waals surface area contributed by atoms with Crippen molar-refractivity contribution in [1.29, 1.82) is 0 Å². The summed E-state index contributed by atoms with van der Waals surface area (Å²) in [7, 11) is 2.45. The Bertz CT molecular complexity index is 2120. The van der Waals surface area contributed by atoms with Gasteiger partial charge in [0.15, 0.2) is 18.3 Å². The number of methoxy groups -OCH3 is 2. The van der Waals surface area contributed by atoms with Crippen LogP contribution in [-0.4, -0.2) is 107 Å². The van der Waals surface area contributed by atoms with E-state index < -0.39 is 77.6 Å². The lowest BCUT2D eigenvalue weighted by atomic mass is 9.99. The number of esters is 3. The summed E-state index contributed by atoms with van der Waals surface area (Å²) in [6, 6.07) is 46.1. The molecule has 5 aromatic rings. The summed E-state index contributed by atoms with van der Waals surface area (Å²) < 4.78 is 39.0. The van der Waals surface area contributed by atoms with Gasteiger partial charge in [0.1, 0.15) is 41.4 Å². The van der Waals surface area contributed by atoms with Gasteiger partial charge in [0.2, 0.25) is 0 Å². The molecule has 2 aliphatic rings. The molecule has 2 fully saturated rings. The Morgan fingerprint density at radius 3 is 1.35 bits per heavy atom. The minimum Gasteiger partial charge on any atom is -0.467 e. The summed E-state index contributed by atoms with van der Waals surface area (Å²) in [5, 5.41) is 32.4. The van der Waals surface area contributed by atoms with Crippen LogP contribution in [0.15, 0.2) is 161 Å². The van der Waals surface area contributed by atoms with Crippen molar-refractivity contribution >= 4 is 41.4 Å². The normalized spacial score (nSPS) is 25.6. The number of rotatable bonds is 14. The van der Waals surface area contributed by atoms with Gasteiger partial charge in [-0.2, -0.15) is 0 Å². The lowest BCUT2D eigenvalue weighted by Crippen LogP contribution is -2.61. The van der Waals surface area contributed by atoms with Crippen LogP contribution in [0.1, 0.15) is 21.5 Å². The fraction of sp³-hybridized carbons (Fsp3) is 0.298. The molecular formula is C47H48O13S2. The molecule has 13 nitrogen and oxygen atoms in total. The molecule has 0 saturated carbocycles. The Morgan fingerprint density at radius 1 is 0.500 bits per heavy atom. The topological polar surface area (TPSA) is 177 Å². The monoisotopic (exact) mass is 884 g/mol. The van der Waals surface area contributed by atoms with Crippen LogP contribution in [-0.2, 0) is 56.0 Å². The van der Waals surface area contributed by atoms with Gasteiger partial charge in [0.05, 0.1) is 33.0 Å². The van der Waals surface area contributed by atoms with Crippen molar-refractivity contribution in [3.8, 4) is 0 Å². The van der Waals surface area contributed by atoms with E-state index in [4.69, 9.17) is 33.2 Å². The molecule has 3 N–H and O–H groups in total. The van der Waals surface area contributed by atoms with Crippen LogP contribution < -0.4 is 0 Å². The molecule has 5 aromatic carbocycles. The van der Waals surface area contributed by atoms with E-state index >= 15 is 0 Å². The van der Waals surface area contributed by atoms with Crippen molar-refractivity contribution in [3.63, 3.8) is 0 Å². The average molecular weight is 885 g/mol. The van der Waals surface area contributed by atoms with Crippen LogP contribution in [0.25, 0.3) is 0 Å². The number of hydrogen-bond donors (Lipinski definition) is 3. The highest BCUT2D eigenvalue weighted by molar-refractivity contribution is 8.00. The highest BCUT2D eigenvalue weighted by Crippen LogP contribution is 2.38. The molecule has 15 heteroatoms. The van der Waals surface area contributed by atoms with Crippen LogP contribution in [0, 0.1) is 0 Å². The zero-order valence-electron chi connectivity index (χ0n) is 33.9. The third-order valence-electron chi connectivity index (χ3n) is 9.74. The molecule has 6 unspecified atom stereocenters. The van der Waals surface area contributed by atoms with Gasteiger partial charge in [-0.05, 0) is 47.5 Å². The van der Waals surface area contributed by atoms with Crippen molar-refractivity contribution < 1.29 is 62.9 Å². The highest BCUT2D eigenvalue weighted by atomic mass is 32.2. The van der Waals surface area contributed by atoms with Crippen molar-refractivity contribution in [3.05, 3.63) is 168 Å². The third kappa shape index (κ3) is 12.5. The summed E-state index contributed by atoms with van der Waals surface area (Å²) in [5.41, 5.74) is 0.466. The van der Waals surface area contributed by atoms with E-state index in [-0.39, 0.29) is 13.2 Å². The van der Waals surface area contributed by atoms with Crippen molar-refractivity contribution in [2.45, 2.75) is 82.7 Å². The fourth-order valence-corrected chi connectivity index (χ4v) is 8.71. The van der Waals surface area contributed by atoms with Gasteiger partial charge in [-0.1, -0.05) is 139 Å². The Balaban J connectivity index is 0.000000214. The smallest absolute Gasteiger partial charge is 0.338 e. The highest BCUT2D eigenvalue weighted by Gasteiger charge is 2.52. The minimum absolute atomic E-state index is 0.137. The first-order chi connectivity index (χ1) is 30.2. The number of carbonyl (C=O) groups excluding carboxylic acids is 3. The standard InChI is InChI=1S/C27H26O7S.C20H22O6S/c1-31-26(30)23-21(28)22(32-17-18-11-5-2-6-12-18)24(33-25(29)19-13-7-3-8-14-19)27(34-23)35-20-15-9-4-10-16-20;1-24-19(23)18-15(21)17(25-12-13-8-4-2-5-9-13)16(22)20(26-18)27-14-10-6-3-7-11-14/h2-16,21-24,27-28H,17H2,1H3;2-11,15-18,20-22H,12H2,1H3/t21-,22-,23?,24?,27?;15-,16?,17-,18?,20?/m00/s1. The first-order valence-corrected chi connectivity index (χ1v) is 21.4. The van der Waals surface area contributed by atoms with E-state index in [0.29, 0.717) is 5.56 Å². The van der Waals surface area contributed by atoms with E-state index in [1.54, 1.807) is 30.3 Å². The lowest BCUT2D eigenvalue weighted by Gasteiger charge is -2.42. The molecule has 0 spiro atoms. The molecule has 2 aliphatic heterocycles. The quantitative estimate of drug-likeness (QED) is 0.0896. The van der Waals surface area contributed by atoms with Crippen LogP contribution in [0.4, 0.5) is 0 Å². The third-order valence-corrected chi connectivity index (χ3v) is 12.1. The van der Waals surface area contributed by atoms with E-state index in [1.807, 2.05) is 121 Å². The molecule has 326 valence electrons. The predicted molar refractivity (Wildman–Crippen MR) is 230 cm³/mol. The van der Waals surface area contributed by atoms with Crippen molar-refractivity contribution in [2.75, 3.05) is 14.2 Å². The summed E-state index contributed by atoms with van der Waals surface area (Å²) in [6.45, 7) is 0.328.